The van der Waals surface area contributed by atoms with E-state index in [-0.39, 0.29) is 34.5 Å². The van der Waals surface area contributed by atoms with Crippen molar-refractivity contribution in [2.24, 2.45) is 5.10 Å². The van der Waals surface area contributed by atoms with Crippen molar-refractivity contribution in [1.29, 1.82) is 0 Å². The number of anilines is 1. The van der Waals surface area contributed by atoms with Crippen LogP contribution in [0.2, 0.25) is 0 Å². The number of hydrogen-bond acceptors (Lipinski definition) is 5. The smallest absolute Gasteiger partial charge is 0.744 e. The van der Waals surface area contributed by atoms with Gasteiger partial charge in [0.15, 0.2) is 0 Å². The van der Waals surface area contributed by atoms with E-state index in [0.717, 1.165) is 12.8 Å². The van der Waals surface area contributed by atoms with E-state index >= 15 is 0 Å². The van der Waals surface area contributed by atoms with Crippen LogP contribution < -0.4 is 35.0 Å². The predicted molar refractivity (Wildman–Crippen MR) is 81.3 cm³/mol. The average molecular weight is 326 g/mol. The van der Waals surface area contributed by atoms with E-state index in [9.17, 15) is 13.0 Å². The quantitative estimate of drug-likeness (QED) is 0.340. The Kier molecular flexibility index (Phi) is 7.78. The van der Waals surface area contributed by atoms with Crippen molar-refractivity contribution in [1.82, 2.24) is 0 Å². The van der Waals surface area contributed by atoms with Gasteiger partial charge in [0.05, 0.1) is 10.6 Å². The standard InChI is InChI=1S/C15H16N2O3S.Na/c18-21(19,20)15-10-8-14(9-11-15)17-16-12-4-7-13-5-2-1-3-6-13;/h1-3,5-6,8-12,17H,4,7H2,(H,18,19,20);/q;+1/p-1/b16-12+;. The van der Waals surface area contributed by atoms with Gasteiger partial charge in [0.1, 0.15) is 10.1 Å². The minimum absolute atomic E-state index is 0. The van der Waals surface area contributed by atoms with Gasteiger partial charge < -0.3 is 4.55 Å². The Hall–Kier alpha value is -1.18. The molecule has 1 N–H and O–H groups in total. The van der Waals surface area contributed by atoms with Crippen molar-refractivity contribution in [2.45, 2.75) is 17.7 Å². The van der Waals surface area contributed by atoms with E-state index in [0.29, 0.717) is 5.69 Å². The summed E-state index contributed by atoms with van der Waals surface area (Å²) >= 11 is 0. The third-order valence-electron chi connectivity index (χ3n) is 2.83. The van der Waals surface area contributed by atoms with Gasteiger partial charge in [-0.2, -0.15) is 5.10 Å². The number of nitrogens with one attached hydrogen (secondary N) is 1. The monoisotopic (exact) mass is 326 g/mol. The Morgan fingerprint density at radius 1 is 1.05 bits per heavy atom. The molecule has 0 aromatic heterocycles. The zero-order valence-corrected chi connectivity index (χ0v) is 15.1. The molecule has 0 radical (unpaired) electrons. The summed E-state index contributed by atoms with van der Waals surface area (Å²) in [6, 6.07) is 15.6. The number of benzene rings is 2. The number of rotatable bonds is 6. The summed E-state index contributed by atoms with van der Waals surface area (Å²) in [6.45, 7) is 0. The fourth-order valence-electron chi connectivity index (χ4n) is 1.76. The molecule has 0 unspecified atom stereocenters. The maximum atomic E-state index is 10.8. The van der Waals surface area contributed by atoms with Crippen LogP contribution in [0.15, 0.2) is 64.6 Å². The first-order valence-corrected chi connectivity index (χ1v) is 7.84. The van der Waals surface area contributed by atoms with Crippen molar-refractivity contribution >= 4 is 22.0 Å². The Bertz CT molecular complexity index is 701. The van der Waals surface area contributed by atoms with Gasteiger partial charge in [-0.15, -0.1) is 0 Å². The van der Waals surface area contributed by atoms with Gasteiger partial charge in [-0.1, -0.05) is 30.3 Å². The molecule has 5 nitrogen and oxygen atoms in total. The zero-order valence-electron chi connectivity index (χ0n) is 12.3. The summed E-state index contributed by atoms with van der Waals surface area (Å²) in [4.78, 5) is -0.249. The molecule has 0 heterocycles. The van der Waals surface area contributed by atoms with Gasteiger partial charge in [0.2, 0.25) is 0 Å². The van der Waals surface area contributed by atoms with Crippen LogP contribution in [-0.4, -0.2) is 19.2 Å². The van der Waals surface area contributed by atoms with Crippen LogP contribution in [0.1, 0.15) is 12.0 Å². The fraction of sp³-hybridized carbons (Fsp3) is 0.133. The van der Waals surface area contributed by atoms with Gasteiger partial charge in [0, 0.05) is 6.21 Å². The van der Waals surface area contributed by atoms with Crippen LogP contribution in [-0.2, 0) is 16.5 Å². The Morgan fingerprint density at radius 3 is 2.27 bits per heavy atom. The van der Waals surface area contributed by atoms with Crippen molar-refractivity contribution in [3.8, 4) is 0 Å². The van der Waals surface area contributed by atoms with Gasteiger partial charge >= 0.3 is 29.6 Å². The van der Waals surface area contributed by atoms with Crippen molar-refractivity contribution < 1.29 is 42.5 Å². The van der Waals surface area contributed by atoms with Crippen molar-refractivity contribution in [2.75, 3.05) is 5.43 Å². The molecule has 110 valence electrons. The summed E-state index contributed by atoms with van der Waals surface area (Å²) in [5, 5.41) is 4.05. The normalized spacial score (nSPS) is 11.1. The number of hydrazone groups is 1. The van der Waals surface area contributed by atoms with Gasteiger partial charge in [0.25, 0.3) is 0 Å². The van der Waals surface area contributed by atoms with Crippen LogP contribution in [0.3, 0.4) is 0 Å². The molecule has 2 rings (SSSR count). The van der Waals surface area contributed by atoms with Crippen LogP contribution >= 0.6 is 0 Å². The van der Waals surface area contributed by atoms with Crippen molar-refractivity contribution in [3.05, 3.63) is 60.2 Å². The maximum absolute atomic E-state index is 10.8. The van der Waals surface area contributed by atoms with Crippen molar-refractivity contribution in [3.63, 3.8) is 0 Å². The SMILES string of the molecule is O=S(=O)([O-])c1ccc(N/N=C/CCc2ccccc2)cc1.[Na+]. The molecule has 0 aliphatic heterocycles. The van der Waals surface area contributed by atoms with Crippen LogP contribution in [0.4, 0.5) is 5.69 Å². The second-order valence-electron chi connectivity index (χ2n) is 4.43. The Balaban J connectivity index is 0.00000242. The maximum Gasteiger partial charge on any atom is 1.00 e. The van der Waals surface area contributed by atoms with E-state index in [2.05, 4.69) is 22.7 Å². The van der Waals surface area contributed by atoms with E-state index in [4.69, 9.17) is 0 Å². The molecule has 2 aromatic carbocycles. The molecule has 0 fully saturated rings. The van der Waals surface area contributed by atoms with Gasteiger partial charge in [-0.05, 0) is 42.7 Å². The van der Waals surface area contributed by atoms with E-state index in [1.807, 2.05) is 18.2 Å². The molecular weight excluding hydrogens is 311 g/mol. The largest absolute Gasteiger partial charge is 1.00 e. The first kappa shape index (κ1) is 18.9. The van der Waals surface area contributed by atoms with Crippen LogP contribution in [0.5, 0.6) is 0 Å². The molecule has 0 amide bonds. The molecule has 0 bridgehead atoms. The first-order chi connectivity index (χ1) is 10.1. The molecule has 0 saturated heterocycles. The fourth-order valence-corrected chi connectivity index (χ4v) is 2.23. The van der Waals surface area contributed by atoms with Crippen LogP contribution in [0.25, 0.3) is 0 Å². The molecule has 0 saturated carbocycles. The topological polar surface area (TPSA) is 81.6 Å². The average Bonchev–Trinajstić information content (AvgIpc) is 2.47. The molecular formula is C15H15N2NaO3S. The third kappa shape index (κ3) is 6.29. The minimum atomic E-state index is -4.40. The zero-order chi connectivity index (χ0) is 15.1. The summed E-state index contributed by atoms with van der Waals surface area (Å²) in [5.74, 6) is 0. The van der Waals surface area contributed by atoms with E-state index in [1.165, 1.54) is 29.8 Å². The summed E-state index contributed by atoms with van der Waals surface area (Å²) in [5.41, 5.74) is 4.65. The molecule has 0 aliphatic rings. The number of aryl methyl sites for hydroxylation is 1. The Morgan fingerprint density at radius 2 is 1.68 bits per heavy atom. The molecule has 0 aliphatic carbocycles. The van der Waals surface area contributed by atoms with E-state index < -0.39 is 10.1 Å². The third-order valence-corrected chi connectivity index (χ3v) is 3.68. The molecule has 0 spiro atoms. The van der Waals surface area contributed by atoms with Crippen LogP contribution in [0, 0.1) is 0 Å². The Labute approximate surface area is 152 Å². The van der Waals surface area contributed by atoms with Gasteiger partial charge in [-0.25, -0.2) is 8.42 Å². The minimum Gasteiger partial charge on any atom is -0.744 e. The second kappa shape index (κ2) is 9.07. The van der Waals surface area contributed by atoms with Gasteiger partial charge in [-0.3, -0.25) is 5.43 Å². The number of hydrogen-bond donors (Lipinski definition) is 1. The summed E-state index contributed by atoms with van der Waals surface area (Å²) in [7, 11) is -4.40. The first-order valence-electron chi connectivity index (χ1n) is 6.43. The van der Waals surface area contributed by atoms with E-state index in [1.54, 1.807) is 6.21 Å². The molecule has 7 heteroatoms. The summed E-state index contributed by atoms with van der Waals surface area (Å²) < 4.78 is 32.3. The molecule has 2 aromatic rings. The second-order valence-corrected chi connectivity index (χ2v) is 5.81. The molecule has 22 heavy (non-hydrogen) atoms. The predicted octanol–water partition coefficient (Wildman–Crippen LogP) is -0.375. The number of nitrogens with zero attached hydrogens (tertiary/aromatic N) is 1. The summed E-state index contributed by atoms with van der Waals surface area (Å²) in [6.07, 6.45) is 3.45. The molecule has 0 atom stereocenters.